The lowest BCUT2D eigenvalue weighted by Gasteiger charge is -2.24. The molecule has 1 aromatic rings. The molecule has 0 spiro atoms. The van der Waals surface area contributed by atoms with E-state index in [4.69, 9.17) is 4.52 Å². The van der Waals surface area contributed by atoms with E-state index in [1.807, 2.05) is 0 Å². The zero-order valence-electron chi connectivity index (χ0n) is 11.5. The molecule has 1 atom stereocenters. The first kappa shape index (κ1) is 14.5. The van der Waals surface area contributed by atoms with Crippen molar-refractivity contribution in [1.82, 2.24) is 15.0 Å². The van der Waals surface area contributed by atoms with Gasteiger partial charge in [0.2, 0.25) is 5.91 Å². The number of likely N-dealkylation sites (tertiary alicyclic amines) is 1. The molecule has 0 aromatic carbocycles. The second kappa shape index (κ2) is 6.51. The summed E-state index contributed by atoms with van der Waals surface area (Å²) in [5.74, 6) is -0.541. The summed E-state index contributed by atoms with van der Waals surface area (Å²) in [6.07, 6.45) is 2.54. The van der Waals surface area contributed by atoms with Crippen molar-refractivity contribution < 1.29 is 19.2 Å². The van der Waals surface area contributed by atoms with Gasteiger partial charge in [0.25, 0.3) is 5.91 Å². The highest BCUT2D eigenvalue weighted by atomic mass is 16.5. The quantitative estimate of drug-likeness (QED) is 0.840. The molecule has 2 rings (SSSR count). The van der Waals surface area contributed by atoms with E-state index < -0.39 is 6.10 Å². The Bertz CT molecular complexity index is 460. The van der Waals surface area contributed by atoms with Crippen molar-refractivity contribution in [2.75, 3.05) is 20.1 Å². The van der Waals surface area contributed by atoms with Gasteiger partial charge in [-0.05, 0) is 19.3 Å². The number of rotatable bonds is 4. The summed E-state index contributed by atoms with van der Waals surface area (Å²) in [7, 11) is 1.65. The summed E-state index contributed by atoms with van der Waals surface area (Å²) in [5, 5.41) is 13.4. The summed E-state index contributed by atoms with van der Waals surface area (Å²) in [6.45, 7) is 0.837. The van der Waals surface area contributed by atoms with Crippen LogP contribution in [0.3, 0.4) is 0 Å². The van der Waals surface area contributed by atoms with Gasteiger partial charge in [-0.1, -0.05) is 5.16 Å². The molecule has 1 saturated heterocycles. The number of aliphatic hydroxyl groups excluding tert-OH is 1. The van der Waals surface area contributed by atoms with E-state index in [1.165, 1.54) is 16.1 Å². The number of aromatic nitrogens is 1. The topological polar surface area (TPSA) is 86.9 Å². The van der Waals surface area contributed by atoms with E-state index >= 15 is 0 Å². The van der Waals surface area contributed by atoms with Crippen LogP contribution < -0.4 is 0 Å². The number of carbonyl (C=O) groups is 2. The standard InChI is InChI=1S/C13H19N3O4/c1-15(8-10-5-7-20-14-10)12(18)9-16-6-3-2-4-11(17)13(16)19/h5,7,11,17H,2-4,6,8-9H2,1H3. The van der Waals surface area contributed by atoms with Crippen LogP contribution >= 0.6 is 0 Å². The predicted molar refractivity (Wildman–Crippen MR) is 69.4 cm³/mol. The summed E-state index contributed by atoms with van der Waals surface area (Å²) in [5.41, 5.74) is 0.656. The van der Waals surface area contributed by atoms with Crippen molar-refractivity contribution >= 4 is 11.8 Å². The fourth-order valence-corrected chi connectivity index (χ4v) is 2.18. The van der Waals surface area contributed by atoms with Crippen molar-refractivity contribution in [3.63, 3.8) is 0 Å². The smallest absolute Gasteiger partial charge is 0.251 e. The Balaban J connectivity index is 1.90. The van der Waals surface area contributed by atoms with Crippen molar-refractivity contribution in [3.05, 3.63) is 18.0 Å². The molecule has 0 aliphatic carbocycles. The van der Waals surface area contributed by atoms with Crippen LogP contribution in [0.4, 0.5) is 0 Å². The molecular formula is C13H19N3O4. The molecular weight excluding hydrogens is 262 g/mol. The molecule has 1 N–H and O–H groups in total. The first-order chi connectivity index (χ1) is 9.58. The molecule has 0 bridgehead atoms. The number of nitrogens with zero attached hydrogens (tertiary/aromatic N) is 3. The number of likely N-dealkylation sites (N-methyl/N-ethyl adjacent to an activating group) is 1. The van der Waals surface area contributed by atoms with Gasteiger partial charge in [0.15, 0.2) is 0 Å². The average Bonchev–Trinajstić information content (AvgIpc) is 2.88. The lowest BCUT2D eigenvalue weighted by molar-refractivity contribution is -0.145. The van der Waals surface area contributed by atoms with Gasteiger partial charge in [-0.2, -0.15) is 0 Å². The highest BCUT2D eigenvalue weighted by molar-refractivity contribution is 5.87. The second-order valence-electron chi connectivity index (χ2n) is 5.01. The van der Waals surface area contributed by atoms with Crippen LogP contribution in [0.5, 0.6) is 0 Å². The largest absolute Gasteiger partial charge is 0.383 e. The summed E-state index contributed by atoms with van der Waals surface area (Å²) in [6, 6.07) is 1.69. The Morgan fingerprint density at radius 3 is 3.10 bits per heavy atom. The van der Waals surface area contributed by atoms with Crippen LogP contribution in [0.2, 0.25) is 0 Å². The monoisotopic (exact) mass is 281 g/mol. The molecule has 7 heteroatoms. The molecule has 20 heavy (non-hydrogen) atoms. The Kier molecular flexibility index (Phi) is 4.73. The third kappa shape index (κ3) is 3.57. The van der Waals surface area contributed by atoms with Crippen LogP contribution in [-0.2, 0) is 16.1 Å². The van der Waals surface area contributed by atoms with Gasteiger partial charge in [-0.15, -0.1) is 0 Å². The van der Waals surface area contributed by atoms with E-state index in [0.29, 0.717) is 25.2 Å². The van der Waals surface area contributed by atoms with Gasteiger partial charge in [0, 0.05) is 19.7 Å². The van der Waals surface area contributed by atoms with Crippen LogP contribution in [-0.4, -0.2) is 58.1 Å². The average molecular weight is 281 g/mol. The third-order valence-corrected chi connectivity index (χ3v) is 3.39. The minimum atomic E-state index is -0.980. The zero-order valence-corrected chi connectivity index (χ0v) is 11.5. The highest BCUT2D eigenvalue weighted by Gasteiger charge is 2.27. The molecule has 1 aliphatic rings. The molecule has 2 amide bonds. The number of aliphatic hydroxyl groups is 1. The lowest BCUT2D eigenvalue weighted by Crippen LogP contribution is -2.44. The van der Waals surface area contributed by atoms with Gasteiger partial charge in [-0.25, -0.2) is 0 Å². The maximum Gasteiger partial charge on any atom is 0.251 e. The molecule has 1 fully saturated rings. The van der Waals surface area contributed by atoms with Crippen LogP contribution in [0.1, 0.15) is 25.0 Å². The van der Waals surface area contributed by atoms with E-state index in [9.17, 15) is 14.7 Å². The Hall–Kier alpha value is -1.89. The SMILES string of the molecule is CN(Cc1ccon1)C(=O)CN1CCCCC(O)C1=O. The third-order valence-electron chi connectivity index (χ3n) is 3.39. The first-order valence-corrected chi connectivity index (χ1v) is 6.68. The molecule has 1 aliphatic heterocycles. The number of amides is 2. The van der Waals surface area contributed by atoms with Crippen molar-refractivity contribution in [3.8, 4) is 0 Å². The van der Waals surface area contributed by atoms with Gasteiger partial charge >= 0.3 is 0 Å². The Morgan fingerprint density at radius 2 is 2.40 bits per heavy atom. The van der Waals surface area contributed by atoms with Crippen molar-refractivity contribution in [2.45, 2.75) is 31.9 Å². The molecule has 1 unspecified atom stereocenters. The molecule has 110 valence electrons. The molecule has 1 aromatic heterocycles. The fraction of sp³-hybridized carbons (Fsp3) is 0.615. The molecule has 0 radical (unpaired) electrons. The molecule has 7 nitrogen and oxygen atoms in total. The zero-order chi connectivity index (χ0) is 14.5. The highest BCUT2D eigenvalue weighted by Crippen LogP contribution is 2.12. The lowest BCUT2D eigenvalue weighted by atomic mass is 10.2. The fourth-order valence-electron chi connectivity index (χ4n) is 2.18. The molecule has 2 heterocycles. The van der Waals surface area contributed by atoms with Crippen molar-refractivity contribution in [1.29, 1.82) is 0 Å². The second-order valence-corrected chi connectivity index (χ2v) is 5.01. The Morgan fingerprint density at radius 1 is 1.60 bits per heavy atom. The number of carbonyl (C=O) groups excluding carboxylic acids is 2. The van der Waals surface area contributed by atoms with E-state index in [2.05, 4.69) is 5.16 Å². The summed E-state index contributed by atoms with van der Waals surface area (Å²) in [4.78, 5) is 26.9. The molecule has 0 saturated carbocycles. The van der Waals surface area contributed by atoms with Gasteiger partial charge in [0.1, 0.15) is 18.1 Å². The van der Waals surface area contributed by atoms with E-state index in [1.54, 1.807) is 13.1 Å². The maximum absolute atomic E-state index is 12.1. The number of hydrogen-bond donors (Lipinski definition) is 1. The van der Waals surface area contributed by atoms with Crippen LogP contribution in [0.15, 0.2) is 16.9 Å². The minimum absolute atomic E-state index is 0.00968. The van der Waals surface area contributed by atoms with Gasteiger partial charge in [0.05, 0.1) is 13.1 Å². The Labute approximate surface area is 117 Å². The summed E-state index contributed by atoms with van der Waals surface area (Å²) >= 11 is 0. The maximum atomic E-state index is 12.1. The normalized spacial score (nSPS) is 19.8. The van der Waals surface area contributed by atoms with Crippen LogP contribution in [0.25, 0.3) is 0 Å². The van der Waals surface area contributed by atoms with Crippen molar-refractivity contribution in [2.24, 2.45) is 0 Å². The van der Waals surface area contributed by atoms with Gasteiger partial charge in [-0.3, -0.25) is 9.59 Å². The summed E-state index contributed by atoms with van der Waals surface area (Å²) < 4.78 is 4.71. The van der Waals surface area contributed by atoms with Crippen LogP contribution in [0, 0.1) is 0 Å². The van der Waals surface area contributed by atoms with E-state index in [-0.39, 0.29) is 18.4 Å². The minimum Gasteiger partial charge on any atom is -0.383 e. The number of hydrogen-bond acceptors (Lipinski definition) is 5. The van der Waals surface area contributed by atoms with Gasteiger partial charge < -0.3 is 19.4 Å². The first-order valence-electron chi connectivity index (χ1n) is 6.68. The predicted octanol–water partition coefficient (Wildman–Crippen LogP) is 0.00640. The van der Waals surface area contributed by atoms with E-state index in [0.717, 1.165) is 12.8 Å².